The highest BCUT2D eigenvalue weighted by atomic mass is 16.2. The predicted octanol–water partition coefficient (Wildman–Crippen LogP) is 2.40. The minimum Gasteiger partial charge on any atom is -0.366 e. The molecule has 1 aliphatic heterocycles. The van der Waals surface area contributed by atoms with E-state index in [1.165, 1.54) is 0 Å². The van der Waals surface area contributed by atoms with Crippen LogP contribution in [0.3, 0.4) is 0 Å². The molecular weight excluding hydrogens is 408 g/mol. The van der Waals surface area contributed by atoms with Crippen molar-refractivity contribution in [2.75, 3.05) is 23.7 Å². The van der Waals surface area contributed by atoms with Crippen LogP contribution >= 0.6 is 0 Å². The van der Waals surface area contributed by atoms with Crippen molar-refractivity contribution in [3.8, 4) is 0 Å². The second kappa shape index (κ2) is 9.01. The molecule has 4 rings (SSSR count). The SMILES string of the molecule is CCC(=O)Nc1ccc(C(=O)N2CCC(Nc3ncc4ccc(C(N)=O)cc4n3)C2)cc1. The molecule has 1 aliphatic rings. The first-order valence-corrected chi connectivity index (χ1v) is 10.5. The first kappa shape index (κ1) is 21.2. The molecule has 3 amide bonds. The maximum Gasteiger partial charge on any atom is 0.253 e. The average Bonchev–Trinajstić information content (AvgIpc) is 3.27. The summed E-state index contributed by atoms with van der Waals surface area (Å²) >= 11 is 0. The summed E-state index contributed by atoms with van der Waals surface area (Å²) in [5.74, 6) is -0.201. The minimum absolute atomic E-state index is 0.0128. The van der Waals surface area contributed by atoms with Crippen LogP contribution in [0.5, 0.6) is 0 Å². The van der Waals surface area contributed by atoms with Gasteiger partial charge in [-0.15, -0.1) is 0 Å². The third-order valence-corrected chi connectivity index (χ3v) is 5.41. The highest BCUT2D eigenvalue weighted by Crippen LogP contribution is 2.20. The molecule has 9 heteroatoms. The van der Waals surface area contributed by atoms with E-state index in [4.69, 9.17) is 5.73 Å². The normalized spacial score (nSPS) is 15.5. The zero-order valence-electron chi connectivity index (χ0n) is 17.7. The standard InChI is InChI=1S/C23H24N6O3/c1-2-20(30)26-17-7-5-14(6-8-17)22(32)29-10-9-18(13-29)27-23-25-12-16-4-3-15(21(24)31)11-19(16)28-23/h3-8,11-12,18H,2,9-10,13H2,1H3,(H2,24,31)(H,26,30)(H,25,27,28). The van der Waals surface area contributed by atoms with E-state index >= 15 is 0 Å². The van der Waals surface area contributed by atoms with Crippen molar-refractivity contribution in [2.45, 2.75) is 25.8 Å². The fraction of sp³-hybridized carbons (Fsp3) is 0.261. The summed E-state index contributed by atoms with van der Waals surface area (Å²) in [7, 11) is 0. The molecule has 0 spiro atoms. The number of carbonyl (C=O) groups is 3. The molecule has 3 aromatic rings. The third kappa shape index (κ3) is 4.66. The van der Waals surface area contributed by atoms with E-state index in [-0.39, 0.29) is 17.9 Å². The number of hydrogen-bond donors (Lipinski definition) is 3. The van der Waals surface area contributed by atoms with Gasteiger partial charge in [0.1, 0.15) is 0 Å². The fourth-order valence-corrected chi connectivity index (χ4v) is 3.62. The largest absolute Gasteiger partial charge is 0.366 e. The Morgan fingerprint density at radius 1 is 1.12 bits per heavy atom. The summed E-state index contributed by atoms with van der Waals surface area (Å²) in [5.41, 5.74) is 7.60. The molecule has 32 heavy (non-hydrogen) atoms. The zero-order chi connectivity index (χ0) is 22.7. The number of primary amides is 1. The summed E-state index contributed by atoms with van der Waals surface area (Å²) < 4.78 is 0. The number of likely N-dealkylation sites (tertiary alicyclic amines) is 1. The Balaban J connectivity index is 1.39. The molecule has 2 heterocycles. The van der Waals surface area contributed by atoms with Crippen LogP contribution in [0.4, 0.5) is 11.6 Å². The second-order valence-electron chi connectivity index (χ2n) is 7.69. The number of rotatable bonds is 6. The second-order valence-corrected chi connectivity index (χ2v) is 7.69. The van der Waals surface area contributed by atoms with Gasteiger partial charge in [-0.3, -0.25) is 14.4 Å². The number of hydrogen-bond acceptors (Lipinski definition) is 6. The van der Waals surface area contributed by atoms with Crippen molar-refractivity contribution in [3.63, 3.8) is 0 Å². The van der Waals surface area contributed by atoms with E-state index in [1.807, 2.05) is 0 Å². The lowest BCUT2D eigenvalue weighted by Gasteiger charge is -2.17. The molecule has 2 aromatic carbocycles. The maximum absolute atomic E-state index is 12.8. The van der Waals surface area contributed by atoms with E-state index in [0.29, 0.717) is 47.8 Å². The molecule has 0 bridgehead atoms. The van der Waals surface area contributed by atoms with Gasteiger partial charge in [0.25, 0.3) is 5.91 Å². The van der Waals surface area contributed by atoms with E-state index in [1.54, 1.807) is 60.5 Å². The molecule has 1 fully saturated rings. The molecule has 0 saturated carbocycles. The average molecular weight is 432 g/mol. The monoisotopic (exact) mass is 432 g/mol. The van der Waals surface area contributed by atoms with Crippen molar-refractivity contribution in [2.24, 2.45) is 5.73 Å². The Morgan fingerprint density at radius 3 is 2.59 bits per heavy atom. The van der Waals surface area contributed by atoms with E-state index in [9.17, 15) is 14.4 Å². The number of amides is 3. The Labute approximate surface area is 185 Å². The molecule has 1 unspecified atom stereocenters. The quantitative estimate of drug-likeness (QED) is 0.548. The van der Waals surface area contributed by atoms with Crippen LogP contribution in [-0.4, -0.2) is 51.7 Å². The van der Waals surface area contributed by atoms with Crippen molar-refractivity contribution in [3.05, 3.63) is 59.8 Å². The molecule has 9 nitrogen and oxygen atoms in total. The highest BCUT2D eigenvalue weighted by Gasteiger charge is 2.27. The molecule has 1 aromatic heterocycles. The first-order chi connectivity index (χ1) is 15.4. The maximum atomic E-state index is 12.8. The number of carbonyl (C=O) groups excluding carboxylic acids is 3. The minimum atomic E-state index is -0.509. The third-order valence-electron chi connectivity index (χ3n) is 5.41. The lowest BCUT2D eigenvalue weighted by atomic mass is 10.1. The molecule has 4 N–H and O–H groups in total. The highest BCUT2D eigenvalue weighted by molar-refractivity contribution is 5.97. The van der Waals surface area contributed by atoms with Gasteiger partial charge < -0.3 is 21.3 Å². The number of nitrogens with two attached hydrogens (primary N) is 1. The Bertz CT molecular complexity index is 1180. The van der Waals surface area contributed by atoms with Gasteiger partial charge in [-0.1, -0.05) is 13.0 Å². The van der Waals surface area contributed by atoms with Crippen LogP contribution in [-0.2, 0) is 4.79 Å². The first-order valence-electron chi connectivity index (χ1n) is 10.5. The van der Waals surface area contributed by atoms with Crippen LogP contribution < -0.4 is 16.4 Å². The van der Waals surface area contributed by atoms with Gasteiger partial charge in [-0.2, -0.15) is 0 Å². The summed E-state index contributed by atoms with van der Waals surface area (Å²) in [6.07, 6.45) is 2.85. The molecule has 1 saturated heterocycles. The molecule has 0 radical (unpaired) electrons. The van der Waals surface area contributed by atoms with Gasteiger partial charge in [0.05, 0.1) is 5.52 Å². The van der Waals surface area contributed by atoms with Gasteiger partial charge in [0.15, 0.2) is 0 Å². The van der Waals surface area contributed by atoms with Crippen LogP contribution in [0.2, 0.25) is 0 Å². The van der Waals surface area contributed by atoms with E-state index < -0.39 is 5.91 Å². The lowest BCUT2D eigenvalue weighted by molar-refractivity contribution is -0.115. The summed E-state index contributed by atoms with van der Waals surface area (Å²) in [6, 6.07) is 12.0. The van der Waals surface area contributed by atoms with Gasteiger partial charge >= 0.3 is 0 Å². The predicted molar refractivity (Wildman–Crippen MR) is 121 cm³/mol. The van der Waals surface area contributed by atoms with Gasteiger partial charge in [0, 0.05) is 53.9 Å². The molecular formula is C23H24N6O3. The van der Waals surface area contributed by atoms with E-state index in [0.717, 1.165) is 11.8 Å². The molecule has 0 aliphatic carbocycles. The molecule has 1 atom stereocenters. The summed E-state index contributed by atoms with van der Waals surface area (Å²) in [5, 5.41) is 6.85. The Kier molecular flexibility index (Phi) is 5.98. The summed E-state index contributed by atoms with van der Waals surface area (Å²) in [6.45, 7) is 2.92. The number of nitrogens with one attached hydrogen (secondary N) is 2. The number of aromatic nitrogens is 2. The van der Waals surface area contributed by atoms with Crippen LogP contribution in [0, 0.1) is 0 Å². The van der Waals surface area contributed by atoms with Crippen molar-refractivity contribution < 1.29 is 14.4 Å². The smallest absolute Gasteiger partial charge is 0.253 e. The van der Waals surface area contributed by atoms with Gasteiger partial charge in [-0.05, 0) is 42.8 Å². The Hall–Kier alpha value is -4.01. The summed E-state index contributed by atoms with van der Waals surface area (Å²) in [4.78, 5) is 46.3. The topological polar surface area (TPSA) is 130 Å². The lowest BCUT2D eigenvalue weighted by Crippen LogP contribution is -2.31. The van der Waals surface area contributed by atoms with E-state index in [2.05, 4.69) is 20.6 Å². The van der Waals surface area contributed by atoms with Crippen LogP contribution in [0.15, 0.2) is 48.7 Å². The fourth-order valence-electron chi connectivity index (χ4n) is 3.62. The van der Waals surface area contributed by atoms with Gasteiger partial charge in [0.2, 0.25) is 17.8 Å². The zero-order valence-corrected chi connectivity index (χ0v) is 17.7. The number of nitrogens with zero attached hydrogens (tertiary/aromatic N) is 3. The van der Waals surface area contributed by atoms with Crippen molar-refractivity contribution in [1.29, 1.82) is 0 Å². The number of anilines is 2. The molecule has 164 valence electrons. The number of fused-ring (bicyclic) bond motifs is 1. The van der Waals surface area contributed by atoms with Gasteiger partial charge in [-0.25, -0.2) is 9.97 Å². The van der Waals surface area contributed by atoms with Crippen molar-refractivity contribution >= 4 is 40.3 Å². The number of benzene rings is 2. The Morgan fingerprint density at radius 2 is 1.88 bits per heavy atom. The van der Waals surface area contributed by atoms with Crippen LogP contribution in [0.25, 0.3) is 10.9 Å². The van der Waals surface area contributed by atoms with Crippen LogP contribution in [0.1, 0.15) is 40.5 Å². The van der Waals surface area contributed by atoms with Crippen molar-refractivity contribution in [1.82, 2.24) is 14.9 Å².